The van der Waals surface area contributed by atoms with Crippen LogP contribution in [0.1, 0.15) is 22.5 Å². The van der Waals surface area contributed by atoms with Gasteiger partial charge in [-0.3, -0.25) is 4.79 Å². The number of carbonyl (C=O) groups excluding carboxylic acids is 1. The van der Waals surface area contributed by atoms with E-state index in [-0.39, 0.29) is 12.3 Å². The standard InChI is InChI=1S/C26H25N7OS/c1-18-14-23(19(2)32(18)13-12-20-6-4-3-5-7-20)24-16-35-26(28-24)29-25(34)15-21-8-10-22(11-9-21)33-17-27-30-31-33/h3-11,14,16-17H,12-13,15H2,1-2H3,(H,28,29,34). The highest BCUT2D eigenvalue weighted by Gasteiger charge is 2.15. The first-order chi connectivity index (χ1) is 17.1. The molecule has 0 bridgehead atoms. The van der Waals surface area contributed by atoms with Gasteiger partial charge in [-0.15, -0.1) is 16.4 Å². The van der Waals surface area contributed by atoms with Gasteiger partial charge in [-0.25, -0.2) is 9.67 Å². The van der Waals surface area contributed by atoms with Gasteiger partial charge in [0.15, 0.2) is 5.13 Å². The van der Waals surface area contributed by atoms with Crippen molar-refractivity contribution in [2.24, 2.45) is 0 Å². The second kappa shape index (κ2) is 10.0. The third kappa shape index (κ3) is 5.20. The Kier molecular flexibility index (Phi) is 6.49. The third-order valence-electron chi connectivity index (χ3n) is 5.98. The van der Waals surface area contributed by atoms with Crippen LogP contribution in [-0.2, 0) is 24.2 Å². The minimum absolute atomic E-state index is 0.102. The smallest absolute Gasteiger partial charge is 0.230 e. The molecule has 9 heteroatoms. The fourth-order valence-electron chi connectivity index (χ4n) is 4.14. The molecule has 3 aromatic heterocycles. The van der Waals surface area contributed by atoms with Crippen molar-refractivity contribution < 1.29 is 4.79 Å². The zero-order valence-corrected chi connectivity index (χ0v) is 20.4. The monoisotopic (exact) mass is 483 g/mol. The topological polar surface area (TPSA) is 90.5 Å². The van der Waals surface area contributed by atoms with Gasteiger partial charge in [0.2, 0.25) is 5.91 Å². The first kappa shape index (κ1) is 22.7. The lowest BCUT2D eigenvalue weighted by Crippen LogP contribution is -2.14. The maximum atomic E-state index is 12.6. The summed E-state index contributed by atoms with van der Waals surface area (Å²) < 4.78 is 3.90. The Morgan fingerprint density at radius 2 is 1.83 bits per heavy atom. The summed E-state index contributed by atoms with van der Waals surface area (Å²) in [5, 5.41) is 16.7. The lowest BCUT2D eigenvalue weighted by molar-refractivity contribution is -0.115. The predicted molar refractivity (Wildman–Crippen MR) is 137 cm³/mol. The lowest BCUT2D eigenvalue weighted by atomic mass is 10.1. The van der Waals surface area contributed by atoms with Gasteiger partial charge in [0.1, 0.15) is 6.33 Å². The summed E-state index contributed by atoms with van der Waals surface area (Å²) >= 11 is 1.44. The zero-order chi connectivity index (χ0) is 24.2. The van der Waals surface area contributed by atoms with Gasteiger partial charge in [-0.2, -0.15) is 0 Å². The van der Waals surface area contributed by atoms with Crippen LogP contribution in [0.15, 0.2) is 72.4 Å². The minimum atomic E-state index is -0.102. The van der Waals surface area contributed by atoms with Crippen molar-refractivity contribution in [3.8, 4) is 16.9 Å². The van der Waals surface area contributed by atoms with Crippen LogP contribution in [0.5, 0.6) is 0 Å². The van der Waals surface area contributed by atoms with Crippen molar-refractivity contribution in [2.75, 3.05) is 5.32 Å². The molecule has 0 fully saturated rings. The summed E-state index contributed by atoms with van der Waals surface area (Å²) in [4.78, 5) is 17.3. The predicted octanol–water partition coefficient (Wildman–Crippen LogP) is 4.63. The highest BCUT2D eigenvalue weighted by atomic mass is 32.1. The molecule has 8 nitrogen and oxygen atoms in total. The Labute approximate surface area is 207 Å². The number of anilines is 1. The van der Waals surface area contributed by atoms with Gasteiger partial charge >= 0.3 is 0 Å². The van der Waals surface area contributed by atoms with Crippen molar-refractivity contribution in [1.82, 2.24) is 29.8 Å². The maximum Gasteiger partial charge on any atom is 0.230 e. The van der Waals surface area contributed by atoms with Crippen LogP contribution in [-0.4, -0.2) is 35.7 Å². The third-order valence-corrected chi connectivity index (χ3v) is 6.74. The Hall–Kier alpha value is -4.11. The Morgan fingerprint density at radius 3 is 2.57 bits per heavy atom. The maximum absolute atomic E-state index is 12.6. The number of aromatic nitrogens is 6. The van der Waals surface area contributed by atoms with E-state index in [0.29, 0.717) is 5.13 Å². The van der Waals surface area contributed by atoms with Crippen LogP contribution >= 0.6 is 11.3 Å². The highest BCUT2D eigenvalue weighted by molar-refractivity contribution is 7.14. The quantitative estimate of drug-likeness (QED) is 0.348. The molecule has 3 heterocycles. The van der Waals surface area contributed by atoms with Crippen LogP contribution in [0.2, 0.25) is 0 Å². The summed E-state index contributed by atoms with van der Waals surface area (Å²) in [7, 11) is 0. The van der Waals surface area contributed by atoms with E-state index in [1.54, 1.807) is 4.68 Å². The van der Waals surface area contributed by atoms with Gasteiger partial charge in [0.05, 0.1) is 17.8 Å². The molecule has 2 aromatic carbocycles. The molecule has 0 aliphatic rings. The number of nitrogens with one attached hydrogen (secondary N) is 1. The van der Waals surface area contributed by atoms with Crippen LogP contribution in [0.4, 0.5) is 5.13 Å². The van der Waals surface area contributed by atoms with Crippen LogP contribution in [0.3, 0.4) is 0 Å². The number of hydrogen-bond acceptors (Lipinski definition) is 6. The summed E-state index contributed by atoms with van der Waals surface area (Å²) in [6, 6.07) is 20.2. The van der Waals surface area contributed by atoms with E-state index < -0.39 is 0 Å². The van der Waals surface area contributed by atoms with Crippen molar-refractivity contribution in [2.45, 2.75) is 33.2 Å². The van der Waals surface area contributed by atoms with Crippen molar-refractivity contribution >= 4 is 22.4 Å². The van der Waals surface area contributed by atoms with Gasteiger partial charge in [-0.05, 0) is 60.0 Å². The molecule has 5 rings (SSSR count). The van der Waals surface area contributed by atoms with E-state index in [1.165, 1.54) is 34.6 Å². The van der Waals surface area contributed by atoms with Crippen LogP contribution in [0, 0.1) is 13.8 Å². The average Bonchev–Trinajstić information content (AvgIpc) is 3.61. The van der Waals surface area contributed by atoms with Crippen LogP contribution in [0.25, 0.3) is 16.9 Å². The average molecular weight is 484 g/mol. The molecule has 0 atom stereocenters. The van der Waals surface area contributed by atoms with E-state index in [2.05, 4.69) is 69.6 Å². The molecule has 0 spiro atoms. The number of rotatable bonds is 8. The molecule has 0 aliphatic heterocycles. The molecular formula is C26H25N7OS. The van der Waals surface area contributed by atoms with Crippen molar-refractivity contribution in [1.29, 1.82) is 0 Å². The van der Waals surface area contributed by atoms with Crippen LogP contribution < -0.4 is 5.32 Å². The number of carbonyl (C=O) groups is 1. The van der Waals surface area contributed by atoms with Gasteiger partial charge in [0.25, 0.3) is 0 Å². The SMILES string of the molecule is Cc1cc(-c2csc(NC(=O)Cc3ccc(-n4cnnn4)cc3)n2)c(C)n1CCc1ccccc1. The normalized spacial score (nSPS) is 11.0. The molecule has 176 valence electrons. The Balaban J connectivity index is 1.22. The molecular weight excluding hydrogens is 458 g/mol. The van der Waals surface area contributed by atoms with E-state index in [4.69, 9.17) is 4.98 Å². The fraction of sp³-hybridized carbons (Fsp3) is 0.192. The number of thiazole rings is 1. The summed E-state index contributed by atoms with van der Waals surface area (Å²) in [5.74, 6) is -0.102. The first-order valence-corrected chi connectivity index (χ1v) is 12.2. The van der Waals surface area contributed by atoms with E-state index >= 15 is 0 Å². The molecule has 0 aliphatic carbocycles. The molecule has 1 amide bonds. The molecule has 0 unspecified atom stereocenters. The number of nitrogens with zero attached hydrogens (tertiary/aromatic N) is 6. The Morgan fingerprint density at radius 1 is 1.03 bits per heavy atom. The minimum Gasteiger partial charge on any atom is -0.348 e. The number of amides is 1. The number of aryl methyl sites for hydroxylation is 2. The number of benzene rings is 2. The van der Waals surface area contributed by atoms with Crippen molar-refractivity contribution in [3.63, 3.8) is 0 Å². The zero-order valence-electron chi connectivity index (χ0n) is 19.5. The molecule has 0 saturated heterocycles. The molecule has 35 heavy (non-hydrogen) atoms. The van der Waals surface area contributed by atoms with Gasteiger partial charge in [0, 0.05) is 28.9 Å². The molecule has 0 saturated carbocycles. The number of tetrazole rings is 1. The summed E-state index contributed by atoms with van der Waals surface area (Å²) in [6.07, 6.45) is 2.77. The molecule has 0 radical (unpaired) electrons. The molecule has 1 N–H and O–H groups in total. The highest BCUT2D eigenvalue weighted by Crippen LogP contribution is 2.30. The van der Waals surface area contributed by atoms with Gasteiger partial charge in [-0.1, -0.05) is 42.5 Å². The van der Waals surface area contributed by atoms with Gasteiger partial charge < -0.3 is 9.88 Å². The molecule has 5 aromatic rings. The first-order valence-electron chi connectivity index (χ1n) is 11.4. The van der Waals surface area contributed by atoms with E-state index in [9.17, 15) is 4.79 Å². The Bertz CT molecular complexity index is 1420. The summed E-state index contributed by atoms with van der Waals surface area (Å²) in [6.45, 7) is 5.17. The second-order valence-electron chi connectivity index (χ2n) is 8.36. The second-order valence-corrected chi connectivity index (χ2v) is 9.21. The summed E-state index contributed by atoms with van der Waals surface area (Å²) in [5.41, 5.74) is 7.44. The number of hydrogen-bond donors (Lipinski definition) is 1. The van der Waals surface area contributed by atoms with E-state index in [0.717, 1.165) is 35.5 Å². The van der Waals surface area contributed by atoms with Crippen molar-refractivity contribution in [3.05, 3.63) is 94.9 Å². The lowest BCUT2D eigenvalue weighted by Gasteiger charge is -2.09. The van der Waals surface area contributed by atoms with E-state index in [1.807, 2.05) is 35.7 Å². The fourth-order valence-corrected chi connectivity index (χ4v) is 4.87. The largest absolute Gasteiger partial charge is 0.348 e.